The van der Waals surface area contributed by atoms with E-state index in [1.807, 2.05) is 0 Å². The molecule has 0 unspecified atom stereocenters. The molecular weight excluding hydrogens is 368 g/mol. The minimum Gasteiger partial charge on any atom is -0.313 e. The zero-order valence-corrected chi connectivity index (χ0v) is 17.4. The Morgan fingerprint density at radius 1 is 1.04 bits per heavy atom. The fourth-order valence-electron chi connectivity index (χ4n) is 2.35. The van der Waals surface area contributed by atoms with Gasteiger partial charge in [-0.2, -0.15) is 4.83 Å². The molecule has 0 atom stereocenters. The SMILES string of the molecule is CC(C)(C)S(=O)(=O)NCCCCCNCc1ccc(C2=CSNN2)cc1. The number of hydrazine groups is 1. The molecule has 0 radical (unpaired) electrons. The normalized spacial score (nSPS) is 15.0. The van der Waals surface area contributed by atoms with E-state index in [1.54, 1.807) is 20.8 Å². The van der Waals surface area contributed by atoms with Crippen LogP contribution in [0.5, 0.6) is 0 Å². The van der Waals surface area contributed by atoms with Crippen LogP contribution < -0.4 is 20.3 Å². The minimum atomic E-state index is -3.22. The summed E-state index contributed by atoms with van der Waals surface area (Å²) in [4.78, 5) is 2.99. The first kappa shape index (κ1) is 21.2. The third-order valence-corrected chi connectivity index (χ3v) is 6.91. The maximum atomic E-state index is 11.9. The molecule has 2 rings (SSSR count). The lowest BCUT2D eigenvalue weighted by atomic mass is 10.1. The van der Waals surface area contributed by atoms with E-state index in [0.29, 0.717) is 6.54 Å². The van der Waals surface area contributed by atoms with Crippen molar-refractivity contribution in [3.8, 4) is 0 Å². The van der Waals surface area contributed by atoms with Crippen LogP contribution >= 0.6 is 11.9 Å². The molecule has 0 spiro atoms. The van der Waals surface area contributed by atoms with Crippen molar-refractivity contribution in [2.24, 2.45) is 0 Å². The van der Waals surface area contributed by atoms with Gasteiger partial charge in [0.1, 0.15) is 0 Å². The Labute approximate surface area is 161 Å². The first-order chi connectivity index (χ1) is 12.3. The monoisotopic (exact) mass is 398 g/mol. The first-order valence-corrected chi connectivity index (χ1v) is 11.3. The van der Waals surface area contributed by atoms with Gasteiger partial charge in [-0.3, -0.25) is 0 Å². The zero-order chi connectivity index (χ0) is 19.0. The Morgan fingerprint density at radius 2 is 1.73 bits per heavy atom. The van der Waals surface area contributed by atoms with E-state index in [2.05, 4.69) is 50.0 Å². The highest BCUT2D eigenvalue weighted by atomic mass is 32.2. The third-order valence-electron chi connectivity index (χ3n) is 4.14. The smallest absolute Gasteiger partial charge is 0.216 e. The highest BCUT2D eigenvalue weighted by Crippen LogP contribution is 2.19. The second-order valence-electron chi connectivity index (χ2n) is 7.32. The first-order valence-electron chi connectivity index (χ1n) is 8.96. The van der Waals surface area contributed by atoms with Gasteiger partial charge in [-0.25, -0.2) is 13.1 Å². The Kier molecular flexibility index (Phi) is 7.97. The van der Waals surface area contributed by atoms with Crippen molar-refractivity contribution in [1.29, 1.82) is 0 Å². The number of hydrogen-bond donors (Lipinski definition) is 4. The minimum absolute atomic E-state index is 0.512. The van der Waals surface area contributed by atoms with Crippen molar-refractivity contribution in [3.63, 3.8) is 0 Å². The standard InChI is InChI=1S/C18H30N4O2S2/c1-18(2,3)26(23,24)20-12-6-4-5-11-19-13-15-7-9-16(10-8-15)17-14-25-22-21-17/h7-10,14,19-22H,4-6,11-13H2,1-3H3. The fraction of sp³-hybridized carbons (Fsp3) is 0.556. The Balaban J connectivity index is 1.55. The molecule has 8 heteroatoms. The van der Waals surface area contributed by atoms with Crippen LogP contribution in [0.4, 0.5) is 0 Å². The van der Waals surface area contributed by atoms with Gasteiger partial charge in [-0.15, -0.1) is 0 Å². The second-order valence-corrected chi connectivity index (χ2v) is 10.5. The summed E-state index contributed by atoms with van der Waals surface area (Å²) in [5, 5.41) is 5.49. The maximum absolute atomic E-state index is 11.9. The molecule has 146 valence electrons. The average molecular weight is 399 g/mol. The summed E-state index contributed by atoms with van der Waals surface area (Å²) in [7, 11) is -3.22. The van der Waals surface area contributed by atoms with E-state index >= 15 is 0 Å². The van der Waals surface area contributed by atoms with Crippen LogP contribution in [0, 0.1) is 0 Å². The van der Waals surface area contributed by atoms with Crippen molar-refractivity contribution >= 4 is 27.7 Å². The molecule has 1 heterocycles. The number of hydrogen-bond acceptors (Lipinski definition) is 6. The Bertz CT molecular complexity index is 695. The summed E-state index contributed by atoms with van der Waals surface area (Å²) >= 11 is 1.54. The van der Waals surface area contributed by atoms with Gasteiger partial charge in [0.25, 0.3) is 0 Å². The van der Waals surface area contributed by atoms with Gasteiger partial charge in [0.05, 0.1) is 10.4 Å². The van der Waals surface area contributed by atoms with Gasteiger partial charge in [0.2, 0.25) is 10.0 Å². The van der Waals surface area contributed by atoms with Crippen LogP contribution in [-0.4, -0.2) is 26.3 Å². The summed E-state index contributed by atoms with van der Waals surface area (Å²) in [6, 6.07) is 8.50. The molecule has 26 heavy (non-hydrogen) atoms. The summed E-state index contributed by atoms with van der Waals surface area (Å²) in [5.74, 6) is 0. The molecule has 0 aliphatic carbocycles. The highest BCUT2D eigenvalue weighted by Gasteiger charge is 2.27. The Morgan fingerprint density at radius 3 is 2.35 bits per heavy atom. The molecule has 1 aromatic carbocycles. The summed E-state index contributed by atoms with van der Waals surface area (Å²) in [5.41, 5.74) is 6.62. The molecule has 0 amide bonds. The van der Waals surface area contributed by atoms with Crippen LogP contribution in [0.15, 0.2) is 29.7 Å². The molecular formula is C18H30N4O2S2. The highest BCUT2D eigenvalue weighted by molar-refractivity contribution is 8.00. The predicted octanol–water partition coefficient (Wildman–Crippen LogP) is 2.72. The average Bonchev–Trinajstić information content (AvgIpc) is 3.11. The molecule has 0 bridgehead atoms. The third kappa shape index (κ3) is 6.59. The summed E-state index contributed by atoms with van der Waals surface area (Å²) in [6.45, 7) is 7.42. The van der Waals surface area contributed by atoms with Crippen LogP contribution in [0.1, 0.15) is 51.2 Å². The zero-order valence-electron chi connectivity index (χ0n) is 15.8. The van der Waals surface area contributed by atoms with Crippen LogP contribution in [0.3, 0.4) is 0 Å². The van der Waals surface area contributed by atoms with Crippen LogP contribution in [0.25, 0.3) is 5.70 Å². The number of rotatable bonds is 10. The molecule has 1 aromatic rings. The number of benzene rings is 1. The lowest BCUT2D eigenvalue weighted by molar-refractivity contribution is 0.537. The second kappa shape index (κ2) is 9.75. The molecule has 1 aliphatic rings. The van der Waals surface area contributed by atoms with E-state index in [9.17, 15) is 8.42 Å². The quantitative estimate of drug-likeness (QED) is 0.358. The lowest BCUT2D eigenvalue weighted by Gasteiger charge is -2.19. The molecule has 4 N–H and O–H groups in total. The van der Waals surface area contributed by atoms with Gasteiger partial charge in [0, 0.05) is 18.5 Å². The van der Waals surface area contributed by atoms with Gasteiger partial charge >= 0.3 is 0 Å². The van der Waals surface area contributed by atoms with E-state index in [4.69, 9.17) is 0 Å². The molecule has 0 aromatic heterocycles. The Hall–Kier alpha value is -1.06. The van der Waals surface area contributed by atoms with Crippen LogP contribution in [-0.2, 0) is 16.6 Å². The van der Waals surface area contributed by atoms with E-state index in [0.717, 1.165) is 38.0 Å². The van der Waals surface area contributed by atoms with Crippen LogP contribution in [0.2, 0.25) is 0 Å². The molecule has 1 aliphatic heterocycles. The van der Waals surface area contributed by atoms with Crippen molar-refractivity contribution in [3.05, 3.63) is 40.8 Å². The van der Waals surface area contributed by atoms with Gasteiger partial charge < -0.3 is 10.7 Å². The molecule has 0 saturated carbocycles. The summed E-state index contributed by atoms with van der Waals surface area (Å²) < 4.78 is 25.8. The topological polar surface area (TPSA) is 82.3 Å². The van der Waals surface area contributed by atoms with Gasteiger partial charge in [-0.1, -0.05) is 30.7 Å². The van der Waals surface area contributed by atoms with E-state index in [-0.39, 0.29) is 0 Å². The fourth-order valence-corrected chi connectivity index (χ4v) is 3.74. The molecule has 6 nitrogen and oxygen atoms in total. The van der Waals surface area contributed by atoms with Crippen molar-refractivity contribution in [2.45, 2.75) is 51.3 Å². The van der Waals surface area contributed by atoms with E-state index < -0.39 is 14.8 Å². The predicted molar refractivity (Wildman–Crippen MR) is 111 cm³/mol. The number of unbranched alkanes of at least 4 members (excludes halogenated alkanes) is 2. The summed E-state index contributed by atoms with van der Waals surface area (Å²) in [6.07, 6.45) is 2.90. The van der Waals surface area contributed by atoms with Crippen molar-refractivity contribution in [2.75, 3.05) is 13.1 Å². The van der Waals surface area contributed by atoms with Crippen molar-refractivity contribution < 1.29 is 8.42 Å². The molecule has 0 saturated heterocycles. The van der Waals surface area contributed by atoms with Gasteiger partial charge in [-0.05, 0) is 63.2 Å². The van der Waals surface area contributed by atoms with Gasteiger partial charge in [0.15, 0.2) is 0 Å². The largest absolute Gasteiger partial charge is 0.313 e. The number of sulfonamides is 1. The van der Waals surface area contributed by atoms with Crippen molar-refractivity contribution in [1.82, 2.24) is 20.3 Å². The maximum Gasteiger partial charge on any atom is 0.216 e. The lowest BCUT2D eigenvalue weighted by Crippen LogP contribution is -2.39. The van der Waals surface area contributed by atoms with E-state index in [1.165, 1.54) is 23.1 Å². The molecule has 0 fully saturated rings. The number of nitrogens with one attached hydrogen (secondary N) is 4.